The second-order valence-corrected chi connectivity index (χ2v) is 4.82. The first-order valence-corrected chi connectivity index (χ1v) is 6.04. The van der Waals surface area contributed by atoms with Crippen LogP contribution in [0.15, 0.2) is 0 Å². The molecule has 15 heavy (non-hydrogen) atoms. The highest BCUT2D eigenvalue weighted by atomic mass is 16.2. The lowest BCUT2D eigenvalue weighted by Gasteiger charge is -2.23. The molecule has 1 N–H and O–H groups in total. The van der Waals surface area contributed by atoms with Crippen LogP contribution in [0.25, 0.3) is 0 Å². The third kappa shape index (κ3) is 3.20. The van der Waals surface area contributed by atoms with Gasteiger partial charge in [-0.05, 0) is 39.0 Å². The lowest BCUT2D eigenvalue weighted by molar-refractivity contribution is -0.130. The van der Waals surface area contributed by atoms with Gasteiger partial charge < -0.3 is 10.2 Å². The van der Waals surface area contributed by atoms with E-state index in [1.807, 2.05) is 18.7 Å². The number of nitrogens with one attached hydrogen (secondary N) is 1. The Morgan fingerprint density at radius 2 is 1.93 bits per heavy atom. The Morgan fingerprint density at radius 3 is 2.33 bits per heavy atom. The van der Waals surface area contributed by atoms with Gasteiger partial charge in [-0.3, -0.25) is 4.79 Å². The van der Waals surface area contributed by atoms with Crippen LogP contribution in [0.3, 0.4) is 0 Å². The van der Waals surface area contributed by atoms with E-state index in [9.17, 15) is 4.79 Å². The number of hydrogen-bond donors (Lipinski definition) is 1. The van der Waals surface area contributed by atoms with Crippen LogP contribution >= 0.6 is 0 Å². The molecule has 0 aromatic heterocycles. The van der Waals surface area contributed by atoms with Crippen molar-refractivity contribution in [2.75, 3.05) is 19.6 Å². The molecule has 0 bridgehead atoms. The highest BCUT2D eigenvalue weighted by Crippen LogP contribution is 2.47. The molecule has 1 rings (SSSR count). The second-order valence-electron chi connectivity index (χ2n) is 4.82. The third-order valence-corrected chi connectivity index (χ3v) is 3.76. The first-order valence-electron chi connectivity index (χ1n) is 6.04. The Hall–Kier alpha value is -0.570. The average Bonchev–Trinajstić information content (AvgIpc) is 2.96. The SMILES string of the molecule is CCN(CC)C(=O)CNC(C)C1(C)CC1. The summed E-state index contributed by atoms with van der Waals surface area (Å²) in [5, 5.41) is 3.34. The van der Waals surface area contributed by atoms with Gasteiger partial charge in [-0.1, -0.05) is 6.92 Å². The number of likely N-dealkylation sites (N-methyl/N-ethyl adjacent to an activating group) is 1. The predicted octanol–water partition coefficient (Wildman–Crippen LogP) is 1.63. The smallest absolute Gasteiger partial charge is 0.236 e. The van der Waals surface area contributed by atoms with Crippen molar-refractivity contribution in [3.05, 3.63) is 0 Å². The Balaban J connectivity index is 2.27. The highest BCUT2D eigenvalue weighted by molar-refractivity contribution is 5.78. The van der Waals surface area contributed by atoms with Crippen LogP contribution < -0.4 is 5.32 Å². The van der Waals surface area contributed by atoms with E-state index in [0.29, 0.717) is 18.0 Å². The fraction of sp³-hybridized carbons (Fsp3) is 0.917. The van der Waals surface area contributed by atoms with Gasteiger partial charge in [0.25, 0.3) is 0 Å². The zero-order valence-electron chi connectivity index (χ0n) is 10.5. The van der Waals surface area contributed by atoms with Crippen molar-refractivity contribution in [1.82, 2.24) is 10.2 Å². The number of nitrogens with zero attached hydrogens (tertiary/aromatic N) is 1. The maximum atomic E-state index is 11.7. The van der Waals surface area contributed by atoms with E-state index in [-0.39, 0.29) is 5.91 Å². The van der Waals surface area contributed by atoms with E-state index >= 15 is 0 Å². The van der Waals surface area contributed by atoms with Crippen LogP contribution in [0.2, 0.25) is 0 Å². The summed E-state index contributed by atoms with van der Waals surface area (Å²) in [7, 11) is 0. The molecule has 0 aliphatic heterocycles. The van der Waals surface area contributed by atoms with Crippen molar-refractivity contribution in [2.45, 2.75) is 46.6 Å². The molecule has 0 spiro atoms. The minimum absolute atomic E-state index is 0.219. The topological polar surface area (TPSA) is 32.3 Å². The second kappa shape index (κ2) is 4.97. The van der Waals surface area contributed by atoms with Crippen molar-refractivity contribution < 1.29 is 4.79 Å². The molecule has 3 heteroatoms. The van der Waals surface area contributed by atoms with Crippen molar-refractivity contribution in [3.63, 3.8) is 0 Å². The summed E-state index contributed by atoms with van der Waals surface area (Å²) in [5.41, 5.74) is 0.448. The minimum atomic E-state index is 0.219. The van der Waals surface area contributed by atoms with Gasteiger partial charge in [-0.2, -0.15) is 0 Å². The lowest BCUT2D eigenvalue weighted by Crippen LogP contribution is -2.43. The molecule has 0 radical (unpaired) electrons. The molecule has 1 aliphatic rings. The van der Waals surface area contributed by atoms with Crippen LogP contribution in [-0.2, 0) is 4.79 Å². The largest absolute Gasteiger partial charge is 0.342 e. The van der Waals surface area contributed by atoms with Gasteiger partial charge >= 0.3 is 0 Å². The van der Waals surface area contributed by atoms with Crippen LogP contribution in [0.5, 0.6) is 0 Å². The molecule has 1 aliphatic carbocycles. The number of amides is 1. The molecule has 0 aromatic rings. The zero-order valence-corrected chi connectivity index (χ0v) is 10.5. The summed E-state index contributed by atoms with van der Waals surface area (Å²) >= 11 is 0. The Kier molecular flexibility index (Phi) is 4.14. The molecule has 1 atom stereocenters. The Labute approximate surface area is 93.2 Å². The first kappa shape index (κ1) is 12.5. The van der Waals surface area contributed by atoms with Gasteiger partial charge in [0.1, 0.15) is 0 Å². The van der Waals surface area contributed by atoms with Crippen LogP contribution in [0.1, 0.15) is 40.5 Å². The van der Waals surface area contributed by atoms with Crippen LogP contribution in [0, 0.1) is 5.41 Å². The molecule has 0 heterocycles. The summed E-state index contributed by atoms with van der Waals surface area (Å²) in [6, 6.07) is 0.456. The van der Waals surface area contributed by atoms with E-state index in [0.717, 1.165) is 13.1 Å². The molecule has 1 saturated carbocycles. The molecule has 1 fully saturated rings. The maximum absolute atomic E-state index is 11.7. The molecule has 1 amide bonds. The maximum Gasteiger partial charge on any atom is 0.236 e. The average molecular weight is 212 g/mol. The van der Waals surface area contributed by atoms with Gasteiger partial charge in [-0.25, -0.2) is 0 Å². The zero-order chi connectivity index (χ0) is 11.5. The van der Waals surface area contributed by atoms with Gasteiger partial charge in [0.2, 0.25) is 5.91 Å². The lowest BCUT2D eigenvalue weighted by atomic mass is 10.0. The Bertz CT molecular complexity index is 220. The fourth-order valence-corrected chi connectivity index (χ4v) is 1.81. The number of carbonyl (C=O) groups excluding carboxylic acids is 1. The van der Waals surface area contributed by atoms with E-state index < -0.39 is 0 Å². The van der Waals surface area contributed by atoms with Crippen molar-refractivity contribution in [3.8, 4) is 0 Å². The van der Waals surface area contributed by atoms with Crippen LogP contribution in [-0.4, -0.2) is 36.5 Å². The van der Waals surface area contributed by atoms with E-state index in [4.69, 9.17) is 0 Å². The molecule has 0 saturated heterocycles. The molecular formula is C12H24N2O. The van der Waals surface area contributed by atoms with Crippen molar-refractivity contribution >= 4 is 5.91 Å². The summed E-state index contributed by atoms with van der Waals surface area (Å²) in [4.78, 5) is 13.6. The predicted molar refractivity (Wildman–Crippen MR) is 62.7 cm³/mol. The Morgan fingerprint density at radius 1 is 1.40 bits per heavy atom. The minimum Gasteiger partial charge on any atom is -0.342 e. The molecular weight excluding hydrogens is 188 g/mol. The van der Waals surface area contributed by atoms with Crippen molar-refractivity contribution in [1.29, 1.82) is 0 Å². The third-order valence-electron chi connectivity index (χ3n) is 3.76. The summed E-state index contributed by atoms with van der Waals surface area (Å²) < 4.78 is 0. The standard InChI is InChI=1S/C12H24N2O/c1-5-14(6-2)11(15)9-13-10(3)12(4)7-8-12/h10,13H,5-9H2,1-4H3. The monoisotopic (exact) mass is 212 g/mol. The van der Waals surface area contributed by atoms with Gasteiger partial charge in [0.15, 0.2) is 0 Å². The number of carbonyl (C=O) groups is 1. The molecule has 88 valence electrons. The fourth-order valence-electron chi connectivity index (χ4n) is 1.81. The summed E-state index contributed by atoms with van der Waals surface area (Å²) in [6.07, 6.45) is 2.58. The van der Waals surface area contributed by atoms with E-state index in [1.165, 1.54) is 12.8 Å². The summed E-state index contributed by atoms with van der Waals surface area (Å²) in [6.45, 7) is 10.6. The molecule has 3 nitrogen and oxygen atoms in total. The van der Waals surface area contributed by atoms with Gasteiger partial charge in [0, 0.05) is 19.1 Å². The van der Waals surface area contributed by atoms with E-state index in [1.54, 1.807) is 0 Å². The van der Waals surface area contributed by atoms with E-state index in [2.05, 4.69) is 19.2 Å². The summed E-state index contributed by atoms with van der Waals surface area (Å²) in [5.74, 6) is 0.219. The van der Waals surface area contributed by atoms with Gasteiger partial charge in [0.05, 0.1) is 6.54 Å². The van der Waals surface area contributed by atoms with Crippen LogP contribution in [0.4, 0.5) is 0 Å². The first-order chi connectivity index (χ1) is 7.03. The molecule has 0 aromatic carbocycles. The highest BCUT2D eigenvalue weighted by Gasteiger charge is 2.42. The number of hydrogen-bond acceptors (Lipinski definition) is 2. The quantitative estimate of drug-likeness (QED) is 0.726. The number of rotatable bonds is 6. The molecule has 1 unspecified atom stereocenters. The van der Waals surface area contributed by atoms with Gasteiger partial charge in [-0.15, -0.1) is 0 Å². The van der Waals surface area contributed by atoms with Crippen molar-refractivity contribution in [2.24, 2.45) is 5.41 Å². The normalized spacial score (nSPS) is 19.7.